The number of hydrogen-bond donors (Lipinski definition) is 3. The maximum absolute atomic E-state index is 14.1. The van der Waals surface area contributed by atoms with Gasteiger partial charge in [-0.05, 0) is 69.7 Å². The van der Waals surface area contributed by atoms with Crippen molar-refractivity contribution in [2.45, 2.75) is 38.1 Å². The Balaban J connectivity index is 2.19. The van der Waals surface area contributed by atoms with Crippen molar-refractivity contribution >= 4 is 33.2 Å². The number of carbonyl (C=O) groups excluding carboxylic acids is 2. The Morgan fingerprint density at radius 2 is 1.48 bits per heavy atom. The van der Waals surface area contributed by atoms with Crippen molar-refractivity contribution in [2.75, 3.05) is 10.6 Å². The predicted molar refractivity (Wildman–Crippen MR) is 105 cm³/mol. The lowest BCUT2D eigenvalue weighted by Crippen LogP contribution is -2.40. The summed E-state index contributed by atoms with van der Waals surface area (Å²) in [4.78, 5) is 23.4. The van der Waals surface area contributed by atoms with E-state index in [2.05, 4.69) is 15.4 Å². The average molecular weight is 425 g/mol. The summed E-state index contributed by atoms with van der Waals surface area (Å²) in [6.07, 6.45) is 0. The third kappa shape index (κ3) is 6.33. The molecule has 0 aliphatic rings. The van der Waals surface area contributed by atoms with E-state index in [1.165, 1.54) is 12.1 Å². The van der Waals surface area contributed by atoms with E-state index in [1.54, 1.807) is 27.7 Å². The minimum absolute atomic E-state index is 0.0828. The van der Waals surface area contributed by atoms with Gasteiger partial charge in [-0.2, -0.15) is 0 Å². The number of nitrogens with one attached hydrogen (secondary N) is 3. The summed E-state index contributed by atoms with van der Waals surface area (Å²) in [7, 11) is -4.20. The number of rotatable bonds is 4. The van der Waals surface area contributed by atoms with Gasteiger partial charge in [0, 0.05) is 16.9 Å². The van der Waals surface area contributed by atoms with E-state index in [0.29, 0.717) is 5.56 Å². The molecule has 0 atom stereocenters. The highest BCUT2D eigenvalue weighted by molar-refractivity contribution is 7.89. The summed E-state index contributed by atoms with van der Waals surface area (Å²) in [5.41, 5.74) is -0.330. The van der Waals surface area contributed by atoms with Crippen LogP contribution in [0.2, 0.25) is 0 Å². The van der Waals surface area contributed by atoms with Crippen LogP contribution < -0.4 is 15.4 Å². The number of aryl methyl sites for hydroxylation is 1. The fourth-order valence-corrected chi connectivity index (χ4v) is 3.95. The second-order valence-electron chi connectivity index (χ2n) is 7.43. The first-order valence-electron chi connectivity index (χ1n) is 8.50. The Morgan fingerprint density at radius 1 is 0.897 bits per heavy atom. The van der Waals surface area contributed by atoms with Crippen LogP contribution in [0.4, 0.5) is 20.2 Å². The van der Waals surface area contributed by atoms with E-state index in [4.69, 9.17) is 0 Å². The van der Waals surface area contributed by atoms with E-state index in [1.807, 2.05) is 0 Å². The van der Waals surface area contributed by atoms with Crippen LogP contribution in [0.15, 0.2) is 41.3 Å². The molecule has 7 nitrogen and oxygen atoms in total. The topological polar surface area (TPSA) is 104 Å². The van der Waals surface area contributed by atoms with Crippen molar-refractivity contribution in [3.8, 4) is 0 Å². The summed E-state index contributed by atoms with van der Waals surface area (Å²) < 4.78 is 54.5. The lowest BCUT2D eigenvalue weighted by atomic mass is 10.1. The molecule has 2 amide bonds. The molecule has 10 heteroatoms. The Bertz CT molecular complexity index is 1040. The SMILES string of the molecule is Cc1cc(F)cc(NC(=O)C(=O)Nc2ccc(F)c(S(=O)(=O)NC(C)(C)C)c2)c1. The van der Waals surface area contributed by atoms with Crippen LogP contribution in [0.3, 0.4) is 0 Å². The van der Waals surface area contributed by atoms with Crippen molar-refractivity contribution in [1.82, 2.24) is 4.72 Å². The van der Waals surface area contributed by atoms with Gasteiger partial charge in [0.15, 0.2) is 0 Å². The minimum atomic E-state index is -4.20. The largest absolute Gasteiger partial charge is 0.318 e. The molecule has 156 valence electrons. The van der Waals surface area contributed by atoms with Crippen LogP contribution in [-0.2, 0) is 19.6 Å². The lowest BCUT2D eigenvalue weighted by Gasteiger charge is -2.20. The molecule has 0 spiro atoms. The number of hydrogen-bond acceptors (Lipinski definition) is 4. The summed E-state index contributed by atoms with van der Waals surface area (Å²) >= 11 is 0. The molecule has 3 N–H and O–H groups in total. The number of carbonyl (C=O) groups is 2. The van der Waals surface area contributed by atoms with E-state index in [-0.39, 0.29) is 11.4 Å². The first-order chi connectivity index (χ1) is 13.3. The molecule has 0 aliphatic heterocycles. The maximum Gasteiger partial charge on any atom is 0.314 e. The van der Waals surface area contributed by atoms with Gasteiger partial charge >= 0.3 is 11.8 Å². The molecule has 0 fully saturated rings. The van der Waals surface area contributed by atoms with E-state index in [9.17, 15) is 26.8 Å². The molecule has 2 aromatic carbocycles. The molecule has 0 bridgehead atoms. The summed E-state index contributed by atoms with van der Waals surface area (Å²) in [6.45, 7) is 6.39. The highest BCUT2D eigenvalue weighted by Crippen LogP contribution is 2.21. The lowest BCUT2D eigenvalue weighted by molar-refractivity contribution is -0.133. The second-order valence-corrected chi connectivity index (χ2v) is 9.08. The van der Waals surface area contributed by atoms with Crippen molar-refractivity contribution < 1.29 is 26.8 Å². The van der Waals surface area contributed by atoms with Gasteiger partial charge in [0.2, 0.25) is 10.0 Å². The Hall–Kier alpha value is -2.85. The molecule has 0 saturated carbocycles. The quantitative estimate of drug-likeness (QED) is 0.655. The first-order valence-corrected chi connectivity index (χ1v) is 9.98. The van der Waals surface area contributed by atoms with Gasteiger partial charge in [0.1, 0.15) is 16.5 Å². The highest BCUT2D eigenvalue weighted by Gasteiger charge is 2.26. The molecular weight excluding hydrogens is 404 g/mol. The molecule has 2 rings (SSSR count). The fraction of sp³-hybridized carbons (Fsp3) is 0.263. The Labute approximate surface area is 167 Å². The van der Waals surface area contributed by atoms with E-state index < -0.39 is 43.9 Å². The van der Waals surface area contributed by atoms with Crippen molar-refractivity contribution in [3.05, 3.63) is 53.6 Å². The van der Waals surface area contributed by atoms with Gasteiger partial charge in [-0.1, -0.05) is 0 Å². The predicted octanol–water partition coefficient (Wildman–Crippen LogP) is 2.93. The van der Waals surface area contributed by atoms with Crippen LogP contribution in [-0.4, -0.2) is 25.8 Å². The van der Waals surface area contributed by atoms with Crippen molar-refractivity contribution in [1.29, 1.82) is 0 Å². The smallest absolute Gasteiger partial charge is 0.314 e. The molecular formula is C19H21F2N3O4S. The zero-order chi connectivity index (χ0) is 22.0. The standard InChI is InChI=1S/C19H21F2N3O4S/c1-11-7-12(20)9-14(8-11)23-18(26)17(25)22-13-5-6-15(21)16(10-13)29(27,28)24-19(2,3)4/h5-10,24H,1-4H3,(H,22,25)(H,23,26). The summed E-state index contributed by atoms with van der Waals surface area (Å²) in [5.74, 6) is -3.83. The zero-order valence-electron chi connectivity index (χ0n) is 16.3. The van der Waals surface area contributed by atoms with E-state index in [0.717, 1.165) is 24.3 Å². The van der Waals surface area contributed by atoms with Gasteiger partial charge in [-0.15, -0.1) is 0 Å². The second kappa shape index (κ2) is 8.26. The molecule has 0 saturated heterocycles. The van der Waals surface area contributed by atoms with Crippen molar-refractivity contribution in [3.63, 3.8) is 0 Å². The fourth-order valence-electron chi connectivity index (χ4n) is 2.43. The third-order valence-corrected chi connectivity index (χ3v) is 5.20. The Kier molecular flexibility index (Phi) is 6.39. The van der Waals surface area contributed by atoms with Crippen LogP contribution >= 0.6 is 0 Å². The molecule has 2 aromatic rings. The van der Waals surface area contributed by atoms with E-state index >= 15 is 0 Å². The van der Waals surface area contributed by atoms with Gasteiger partial charge in [0.05, 0.1) is 0 Å². The van der Waals surface area contributed by atoms with Gasteiger partial charge in [-0.3, -0.25) is 9.59 Å². The molecule has 29 heavy (non-hydrogen) atoms. The van der Waals surface area contributed by atoms with Crippen LogP contribution in [0.5, 0.6) is 0 Å². The van der Waals surface area contributed by atoms with Crippen molar-refractivity contribution in [2.24, 2.45) is 0 Å². The summed E-state index contributed by atoms with van der Waals surface area (Å²) in [6, 6.07) is 6.64. The molecule has 0 heterocycles. The number of amides is 2. The number of benzene rings is 2. The molecule has 0 aliphatic carbocycles. The van der Waals surface area contributed by atoms with Gasteiger partial charge in [0.25, 0.3) is 0 Å². The van der Waals surface area contributed by atoms with Crippen LogP contribution in [0.1, 0.15) is 26.3 Å². The van der Waals surface area contributed by atoms with Gasteiger partial charge < -0.3 is 10.6 Å². The molecule has 0 aromatic heterocycles. The maximum atomic E-state index is 14.1. The summed E-state index contributed by atoms with van der Waals surface area (Å²) in [5, 5.41) is 4.43. The number of halogens is 2. The van der Waals surface area contributed by atoms with Crippen LogP contribution in [0, 0.1) is 18.6 Å². The minimum Gasteiger partial charge on any atom is -0.318 e. The van der Waals surface area contributed by atoms with Crippen LogP contribution in [0.25, 0.3) is 0 Å². The Morgan fingerprint density at radius 3 is 2.03 bits per heavy atom. The average Bonchev–Trinajstić information content (AvgIpc) is 2.53. The zero-order valence-corrected chi connectivity index (χ0v) is 17.1. The third-order valence-electron chi connectivity index (χ3n) is 3.43. The molecule has 0 radical (unpaired) electrons. The number of sulfonamides is 1. The van der Waals surface area contributed by atoms with Gasteiger partial charge in [-0.25, -0.2) is 21.9 Å². The molecule has 0 unspecified atom stereocenters. The monoisotopic (exact) mass is 425 g/mol. The highest BCUT2D eigenvalue weighted by atomic mass is 32.2. The normalized spacial score (nSPS) is 11.8. The number of anilines is 2. The first kappa shape index (κ1) is 22.4.